The van der Waals surface area contributed by atoms with Crippen molar-refractivity contribution < 1.29 is 32.6 Å². The van der Waals surface area contributed by atoms with Gasteiger partial charge in [0.2, 0.25) is 0 Å². The number of aromatic hydroxyl groups is 1. The van der Waals surface area contributed by atoms with E-state index >= 15 is 0 Å². The number of ether oxygens (including phenoxy) is 2. The fourth-order valence-electron chi connectivity index (χ4n) is 3.40. The number of esters is 1. The molecular formula is C26H28N2O7S. The van der Waals surface area contributed by atoms with Gasteiger partial charge in [0.25, 0.3) is 15.9 Å². The predicted molar refractivity (Wildman–Crippen MR) is 135 cm³/mol. The van der Waals surface area contributed by atoms with Gasteiger partial charge in [0.05, 0.1) is 17.7 Å². The van der Waals surface area contributed by atoms with Crippen LogP contribution in [-0.4, -0.2) is 45.2 Å². The van der Waals surface area contributed by atoms with Gasteiger partial charge in [-0.1, -0.05) is 42.5 Å². The van der Waals surface area contributed by atoms with Crippen molar-refractivity contribution in [1.82, 2.24) is 5.32 Å². The highest BCUT2D eigenvalue weighted by atomic mass is 32.2. The van der Waals surface area contributed by atoms with Crippen LogP contribution in [0.1, 0.15) is 29.3 Å². The van der Waals surface area contributed by atoms with Crippen LogP contribution in [0.4, 0.5) is 5.69 Å². The van der Waals surface area contributed by atoms with Gasteiger partial charge in [-0.3, -0.25) is 9.52 Å². The van der Waals surface area contributed by atoms with Gasteiger partial charge in [0.15, 0.2) is 6.61 Å². The molecular weight excluding hydrogens is 484 g/mol. The fourth-order valence-corrected chi connectivity index (χ4v) is 4.50. The molecule has 0 heterocycles. The van der Waals surface area contributed by atoms with Gasteiger partial charge in [-0.25, -0.2) is 13.2 Å². The molecule has 1 amide bonds. The summed E-state index contributed by atoms with van der Waals surface area (Å²) in [4.78, 5) is 24.4. The van der Waals surface area contributed by atoms with Crippen molar-refractivity contribution in [3.8, 4) is 11.5 Å². The summed E-state index contributed by atoms with van der Waals surface area (Å²) in [5, 5.41) is 12.8. The molecule has 190 valence electrons. The minimum absolute atomic E-state index is 0.153. The van der Waals surface area contributed by atoms with Crippen molar-refractivity contribution in [3.05, 3.63) is 83.9 Å². The Labute approximate surface area is 210 Å². The number of phenols is 1. The van der Waals surface area contributed by atoms with Crippen molar-refractivity contribution in [3.63, 3.8) is 0 Å². The van der Waals surface area contributed by atoms with Crippen molar-refractivity contribution in [2.75, 3.05) is 18.4 Å². The van der Waals surface area contributed by atoms with Crippen LogP contribution in [-0.2, 0) is 26.0 Å². The molecule has 3 rings (SSSR count). The predicted octanol–water partition coefficient (Wildman–Crippen LogP) is 3.50. The standard InChI is InChI=1S/C26H28N2O7S/c1-18(12-13-19-8-4-3-5-9-19)27-25(30)17-35-26(31)21-16-20(14-15-23(21)29)36(32,33)28-22-10-6-7-11-24(22)34-2/h3-11,14-16,18,28-29H,12-13,17H2,1-2H3,(H,27,30)/t18-/m0/s1. The van der Waals surface area contributed by atoms with Crippen LogP contribution in [0.25, 0.3) is 0 Å². The van der Waals surface area contributed by atoms with E-state index in [0.29, 0.717) is 12.2 Å². The Morgan fingerprint density at radius 2 is 1.69 bits per heavy atom. The molecule has 0 fully saturated rings. The second-order valence-corrected chi connectivity index (χ2v) is 9.74. The van der Waals surface area contributed by atoms with E-state index in [1.54, 1.807) is 18.2 Å². The monoisotopic (exact) mass is 512 g/mol. The Bertz CT molecular complexity index is 1310. The number of sulfonamides is 1. The van der Waals surface area contributed by atoms with Crippen LogP contribution >= 0.6 is 0 Å². The third kappa shape index (κ3) is 7.22. The molecule has 9 nitrogen and oxygen atoms in total. The largest absolute Gasteiger partial charge is 0.507 e. The zero-order chi connectivity index (χ0) is 26.1. The number of para-hydroxylation sites is 2. The quantitative estimate of drug-likeness (QED) is 0.335. The lowest BCUT2D eigenvalue weighted by Gasteiger charge is -2.14. The molecule has 0 saturated heterocycles. The summed E-state index contributed by atoms with van der Waals surface area (Å²) in [7, 11) is -2.72. The van der Waals surface area contributed by atoms with Crippen molar-refractivity contribution in [2.24, 2.45) is 0 Å². The molecule has 0 radical (unpaired) electrons. The van der Waals surface area contributed by atoms with Gasteiger partial charge in [-0.2, -0.15) is 0 Å². The first-order valence-corrected chi connectivity index (χ1v) is 12.7. The zero-order valence-corrected chi connectivity index (χ0v) is 20.7. The SMILES string of the molecule is COc1ccccc1NS(=O)(=O)c1ccc(O)c(C(=O)OCC(=O)N[C@@H](C)CCc2ccccc2)c1. The number of carbonyl (C=O) groups excluding carboxylic acids is 2. The molecule has 36 heavy (non-hydrogen) atoms. The molecule has 0 aliphatic carbocycles. The van der Waals surface area contributed by atoms with Gasteiger partial charge < -0.3 is 19.9 Å². The second kappa shape index (κ2) is 12.1. The van der Waals surface area contributed by atoms with Crippen molar-refractivity contribution >= 4 is 27.6 Å². The van der Waals surface area contributed by atoms with Crippen molar-refractivity contribution in [1.29, 1.82) is 0 Å². The van der Waals surface area contributed by atoms with Gasteiger partial charge in [-0.05, 0) is 55.7 Å². The van der Waals surface area contributed by atoms with E-state index < -0.39 is 34.3 Å². The summed E-state index contributed by atoms with van der Waals surface area (Å²) in [5.74, 6) is -1.71. The Morgan fingerprint density at radius 1 is 1.00 bits per heavy atom. The van der Waals surface area contributed by atoms with Crippen LogP contribution < -0.4 is 14.8 Å². The molecule has 0 aromatic heterocycles. The highest BCUT2D eigenvalue weighted by Gasteiger charge is 2.22. The molecule has 3 aromatic carbocycles. The summed E-state index contributed by atoms with van der Waals surface area (Å²) in [6.45, 7) is 1.27. The van der Waals surface area contributed by atoms with Gasteiger partial charge in [-0.15, -0.1) is 0 Å². The van der Waals surface area contributed by atoms with Gasteiger partial charge in [0.1, 0.15) is 17.1 Å². The maximum Gasteiger partial charge on any atom is 0.342 e. The number of benzene rings is 3. The molecule has 0 aliphatic rings. The summed E-state index contributed by atoms with van der Waals surface area (Å²) in [6, 6.07) is 19.3. The molecule has 1 atom stereocenters. The molecule has 3 aromatic rings. The molecule has 3 N–H and O–H groups in total. The summed E-state index contributed by atoms with van der Waals surface area (Å²) >= 11 is 0. The summed E-state index contributed by atoms with van der Waals surface area (Å²) in [5.41, 5.74) is 0.966. The first kappa shape index (κ1) is 26.6. The maximum atomic E-state index is 12.8. The molecule has 10 heteroatoms. The average molecular weight is 513 g/mol. The zero-order valence-electron chi connectivity index (χ0n) is 19.9. The molecule has 0 saturated carbocycles. The summed E-state index contributed by atoms with van der Waals surface area (Å²) < 4.78 is 38.2. The lowest BCUT2D eigenvalue weighted by atomic mass is 10.1. The molecule has 0 spiro atoms. The Hall–Kier alpha value is -4.05. The fraction of sp³-hybridized carbons (Fsp3) is 0.231. The van der Waals surface area contributed by atoms with E-state index in [0.717, 1.165) is 30.2 Å². The first-order valence-electron chi connectivity index (χ1n) is 11.2. The van der Waals surface area contributed by atoms with Crippen LogP contribution in [0.15, 0.2) is 77.7 Å². The minimum atomic E-state index is -4.12. The smallest absolute Gasteiger partial charge is 0.342 e. The Balaban J connectivity index is 1.60. The number of nitrogens with one attached hydrogen (secondary N) is 2. The number of phenolic OH excluding ortho intramolecular Hbond substituents is 1. The van der Waals surface area contributed by atoms with E-state index in [1.807, 2.05) is 37.3 Å². The van der Waals surface area contributed by atoms with Crippen molar-refractivity contribution in [2.45, 2.75) is 30.7 Å². The molecule has 0 unspecified atom stereocenters. The van der Waals surface area contributed by atoms with Crippen LogP contribution in [0, 0.1) is 0 Å². The summed E-state index contributed by atoms with van der Waals surface area (Å²) in [6.07, 6.45) is 1.48. The second-order valence-electron chi connectivity index (χ2n) is 8.05. The van der Waals surface area contributed by atoms with Gasteiger partial charge in [0, 0.05) is 6.04 Å². The first-order chi connectivity index (χ1) is 17.2. The lowest BCUT2D eigenvalue weighted by Crippen LogP contribution is -2.36. The number of amides is 1. The van der Waals surface area contributed by atoms with Crippen LogP contribution in [0.5, 0.6) is 11.5 Å². The normalized spacial score (nSPS) is 11.8. The number of anilines is 1. The van der Waals surface area contributed by atoms with E-state index in [-0.39, 0.29) is 22.2 Å². The highest BCUT2D eigenvalue weighted by molar-refractivity contribution is 7.92. The lowest BCUT2D eigenvalue weighted by molar-refractivity contribution is -0.124. The number of carbonyl (C=O) groups is 2. The maximum absolute atomic E-state index is 12.8. The molecule has 0 bridgehead atoms. The third-order valence-corrected chi connectivity index (χ3v) is 6.66. The number of aryl methyl sites for hydroxylation is 1. The number of methoxy groups -OCH3 is 1. The van der Waals surface area contributed by atoms with Crippen LogP contribution in [0.2, 0.25) is 0 Å². The number of hydrogen-bond acceptors (Lipinski definition) is 7. The third-order valence-electron chi connectivity index (χ3n) is 5.30. The van der Waals surface area contributed by atoms with E-state index in [4.69, 9.17) is 9.47 Å². The van der Waals surface area contributed by atoms with Crippen LogP contribution in [0.3, 0.4) is 0 Å². The van der Waals surface area contributed by atoms with E-state index in [2.05, 4.69) is 10.0 Å². The van der Waals surface area contributed by atoms with E-state index in [9.17, 15) is 23.1 Å². The number of rotatable bonds is 11. The van der Waals surface area contributed by atoms with Gasteiger partial charge >= 0.3 is 5.97 Å². The average Bonchev–Trinajstić information content (AvgIpc) is 2.87. The van der Waals surface area contributed by atoms with E-state index in [1.165, 1.54) is 13.2 Å². The molecule has 0 aliphatic heterocycles. The minimum Gasteiger partial charge on any atom is -0.507 e. The topological polar surface area (TPSA) is 131 Å². The Kier molecular flexibility index (Phi) is 8.91. The highest BCUT2D eigenvalue weighted by Crippen LogP contribution is 2.28. The number of hydrogen-bond donors (Lipinski definition) is 3. The Morgan fingerprint density at radius 3 is 2.42 bits per heavy atom.